The van der Waals surface area contributed by atoms with E-state index >= 15 is 0 Å². The van der Waals surface area contributed by atoms with Crippen LogP contribution < -0.4 is 0 Å². The van der Waals surface area contributed by atoms with Gasteiger partial charge < -0.3 is 9.67 Å². The predicted molar refractivity (Wildman–Crippen MR) is 45.5 cm³/mol. The van der Waals surface area contributed by atoms with Gasteiger partial charge in [-0.15, -0.1) is 0 Å². The fraction of sp³-hybridized carbons (Fsp3) is 0.556. The molecule has 0 bridgehead atoms. The molecular weight excluding hydrogens is 138 g/mol. The summed E-state index contributed by atoms with van der Waals surface area (Å²) < 4.78 is 2.13. The van der Waals surface area contributed by atoms with E-state index in [1.165, 1.54) is 11.4 Å². The Kier molecular flexibility index (Phi) is 2.35. The maximum Gasteiger partial charge on any atom is 0.0699 e. The molecule has 0 spiro atoms. The average Bonchev–Trinajstić information content (AvgIpc) is 2.30. The molecule has 2 nitrogen and oxygen atoms in total. The second-order valence-corrected chi connectivity index (χ2v) is 2.82. The van der Waals surface area contributed by atoms with Gasteiger partial charge in [0.15, 0.2) is 0 Å². The fourth-order valence-corrected chi connectivity index (χ4v) is 1.33. The van der Waals surface area contributed by atoms with Gasteiger partial charge in [0.2, 0.25) is 0 Å². The van der Waals surface area contributed by atoms with Crippen LogP contribution in [0.1, 0.15) is 23.9 Å². The first kappa shape index (κ1) is 8.34. The Morgan fingerprint density at radius 3 is 2.45 bits per heavy atom. The third-order valence-electron chi connectivity index (χ3n) is 2.27. The Balaban J connectivity index is 3.12. The highest BCUT2D eigenvalue weighted by Gasteiger charge is 2.05. The van der Waals surface area contributed by atoms with Crippen LogP contribution in [0.15, 0.2) is 6.07 Å². The lowest BCUT2D eigenvalue weighted by atomic mass is 10.2. The lowest BCUT2D eigenvalue weighted by molar-refractivity contribution is 0.281. The van der Waals surface area contributed by atoms with Gasteiger partial charge in [0, 0.05) is 18.4 Å². The second kappa shape index (κ2) is 3.09. The highest BCUT2D eigenvalue weighted by molar-refractivity contribution is 5.26. The van der Waals surface area contributed by atoms with E-state index in [1.807, 2.05) is 14.0 Å². The van der Waals surface area contributed by atoms with E-state index < -0.39 is 0 Å². The molecule has 1 N–H and O–H groups in total. The van der Waals surface area contributed by atoms with Gasteiger partial charge in [-0.05, 0) is 25.0 Å². The summed E-state index contributed by atoms with van der Waals surface area (Å²) in [6, 6.07) is 2.06. The molecule has 0 saturated heterocycles. The van der Waals surface area contributed by atoms with Gasteiger partial charge in [0.1, 0.15) is 0 Å². The minimum absolute atomic E-state index is 0.152. The predicted octanol–water partition coefficient (Wildman–Crippen LogP) is 1.39. The molecule has 0 aliphatic carbocycles. The number of hydrogen-bond acceptors (Lipinski definition) is 1. The molecular formula is C9H15NO. The van der Waals surface area contributed by atoms with Crippen LogP contribution in [0.25, 0.3) is 0 Å². The van der Waals surface area contributed by atoms with E-state index in [1.54, 1.807) is 0 Å². The van der Waals surface area contributed by atoms with Crippen LogP contribution in [-0.2, 0) is 20.1 Å². The van der Waals surface area contributed by atoms with E-state index in [9.17, 15) is 0 Å². The largest absolute Gasteiger partial charge is 0.392 e. The maximum absolute atomic E-state index is 8.94. The van der Waals surface area contributed by atoms with Crippen LogP contribution in [0, 0.1) is 6.92 Å². The minimum atomic E-state index is 0.152. The van der Waals surface area contributed by atoms with Crippen LogP contribution >= 0.6 is 0 Å². The molecule has 0 aliphatic rings. The monoisotopic (exact) mass is 153 g/mol. The van der Waals surface area contributed by atoms with Crippen molar-refractivity contribution >= 4 is 0 Å². The number of aliphatic hydroxyl groups excluding tert-OH is 1. The summed E-state index contributed by atoms with van der Waals surface area (Å²) in [4.78, 5) is 0. The van der Waals surface area contributed by atoms with Crippen molar-refractivity contribution in [2.24, 2.45) is 7.05 Å². The Labute approximate surface area is 67.5 Å². The van der Waals surface area contributed by atoms with Gasteiger partial charge in [-0.2, -0.15) is 0 Å². The van der Waals surface area contributed by atoms with Crippen LogP contribution in [0.3, 0.4) is 0 Å². The molecule has 1 rings (SSSR count). The van der Waals surface area contributed by atoms with E-state index in [0.29, 0.717) is 0 Å². The molecule has 0 radical (unpaired) electrons. The molecule has 0 fully saturated rings. The highest BCUT2D eigenvalue weighted by Crippen LogP contribution is 2.13. The first-order valence-corrected chi connectivity index (χ1v) is 3.95. The van der Waals surface area contributed by atoms with E-state index in [4.69, 9.17) is 5.11 Å². The number of rotatable bonds is 2. The summed E-state index contributed by atoms with van der Waals surface area (Å²) in [5.74, 6) is 0. The van der Waals surface area contributed by atoms with Gasteiger partial charge in [-0.25, -0.2) is 0 Å². The molecule has 1 aromatic heterocycles. The summed E-state index contributed by atoms with van der Waals surface area (Å²) >= 11 is 0. The van der Waals surface area contributed by atoms with Gasteiger partial charge >= 0.3 is 0 Å². The standard InChI is InChI=1S/C9H15NO/c1-4-9-5-8(6-11)7(2)10(9)3/h5,11H,4,6H2,1-3H3. The number of aryl methyl sites for hydroxylation is 1. The Bertz CT molecular complexity index is 226. The number of aliphatic hydroxyl groups is 1. The summed E-state index contributed by atoms with van der Waals surface area (Å²) in [5.41, 5.74) is 3.50. The van der Waals surface area contributed by atoms with E-state index in [2.05, 4.69) is 17.6 Å². The van der Waals surface area contributed by atoms with Gasteiger partial charge in [-0.3, -0.25) is 0 Å². The third kappa shape index (κ3) is 1.31. The van der Waals surface area contributed by atoms with Crippen molar-refractivity contribution in [3.8, 4) is 0 Å². The smallest absolute Gasteiger partial charge is 0.0699 e. The SMILES string of the molecule is CCc1cc(CO)c(C)n1C. The third-order valence-corrected chi connectivity index (χ3v) is 2.27. The molecule has 1 heterocycles. The van der Waals surface area contributed by atoms with Crippen molar-refractivity contribution in [2.75, 3.05) is 0 Å². The lowest BCUT2D eigenvalue weighted by Gasteiger charge is -2.01. The Morgan fingerprint density at radius 1 is 1.55 bits per heavy atom. The van der Waals surface area contributed by atoms with E-state index in [0.717, 1.165) is 12.0 Å². The van der Waals surface area contributed by atoms with Crippen molar-refractivity contribution in [1.82, 2.24) is 4.57 Å². The number of aromatic nitrogens is 1. The zero-order chi connectivity index (χ0) is 8.43. The molecule has 0 atom stereocenters. The molecule has 2 heteroatoms. The van der Waals surface area contributed by atoms with Crippen molar-refractivity contribution in [2.45, 2.75) is 26.9 Å². The number of hydrogen-bond donors (Lipinski definition) is 1. The van der Waals surface area contributed by atoms with Crippen LogP contribution in [0.2, 0.25) is 0 Å². The molecule has 0 aromatic carbocycles. The summed E-state index contributed by atoms with van der Waals surface area (Å²) in [6.07, 6.45) is 1.03. The van der Waals surface area contributed by atoms with Crippen LogP contribution in [0.5, 0.6) is 0 Å². The minimum Gasteiger partial charge on any atom is -0.392 e. The van der Waals surface area contributed by atoms with Crippen LogP contribution in [-0.4, -0.2) is 9.67 Å². The topological polar surface area (TPSA) is 25.2 Å². The van der Waals surface area contributed by atoms with Crippen molar-refractivity contribution in [3.05, 3.63) is 23.0 Å². The number of nitrogens with zero attached hydrogens (tertiary/aromatic N) is 1. The van der Waals surface area contributed by atoms with Crippen molar-refractivity contribution in [1.29, 1.82) is 0 Å². The van der Waals surface area contributed by atoms with E-state index in [-0.39, 0.29) is 6.61 Å². The quantitative estimate of drug-likeness (QED) is 0.682. The molecule has 0 aliphatic heterocycles. The average molecular weight is 153 g/mol. The normalized spacial score (nSPS) is 10.5. The highest BCUT2D eigenvalue weighted by atomic mass is 16.3. The molecule has 0 unspecified atom stereocenters. The molecule has 62 valence electrons. The Hall–Kier alpha value is -0.760. The zero-order valence-electron chi connectivity index (χ0n) is 7.39. The molecule has 11 heavy (non-hydrogen) atoms. The second-order valence-electron chi connectivity index (χ2n) is 2.82. The summed E-state index contributed by atoms with van der Waals surface area (Å²) in [5, 5.41) is 8.94. The first-order valence-electron chi connectivity index (χ1n) is 3.95. The first-order chi connectivity index (χ1) is 5.20. The van der Waals surface area contributed by atoms with Crippen molar-refractivity contribution < 1.29 is 5.11 Å². The van der Waals surface area contributed by atoms with Crippen LogP contribution in [0.4, 0.5) is 0 Å². The molecule has 0 saturated carbocycles. The maximum atomic E-state index is 8.94. The zero-order valence-corrected chi connectivity index (χ0v) is 7.39. The Morgan fingerprint density at radius 2 is 2.18 bits per heavy atom. The fourth-order valence-electron chi connectivity index (χ4n) is 1.33. The van der Waals surface area contributed by atoms with Crippen molar-refractivity contribution in [3.63, 3.8) is 0 Å². The molecule has 1 aromatic rings. The van der Waals surface area contributed by atoms with Gasteiger partial charge in [0.05, 0.1) is 6.61 Å². The summed E-state index contributed by atoms with van der Waals surface area (Å²) in [7, 11) is 2.04. The molecule has 0 amide bonds. The van der Waals surface area contributed by atoms with Gasteiger partial charge in [0.25, 0.3) is 0 Å². The van der Waals surface area contributed by atoms with Gasteiger partial charge in [-0.1, -0.05) is 6.92 Å². The lowest BCUT2D eigenvalue weighted by Crippen LogP contribution is -1.96. The summed E-state index contributed by atoms with van der Waals surface area (Å²) in [6.45, 7) is 4.31.